The van der Waals surface area contributed by atoms with Gasteiger partial charge < -0.3 is 15.2 Å². The van der Waals surface area contributed by atoms with E-state index in [2.05, 4.69) is 5.32 Å². The molecule has 2 amide bonds. The summed E-state index contributed by atoms with van der Waals surface area (Å²) in [6.45, 7) is 4.91. The van der Waals surface area contributed by atoms with Crippen molar-refractivity contribution in [1.29, 1.82) is 0 Å². The molecule has 6 nitrogen and oxygen atoms in total. The summed E-state index contributed by atoms with van der Waals surface area (Å²) in [6, 6.07) is 10.8. The summed E-state index contributed by atoms with van der Waals surface area (Å²) >= 11 is 0. The maximum Gasteiger partial charge on any atom is 0.410 e. The van der Waals surface area contributed by atoms with E-state index in [-0.39, 0.29) is 24.7 Å². The third-order valence-electron chi connectivity index (χ3n) is 4.74. The molecule has 0 radical (unpaired) electrons. The number of ether oxygens (including phenoxy) is 1. The first kappa shape index (κ1) is 24.2. The molecule has 0 aliphatic heterocycles. The number of benzene rings is 2. The lowest BCUT2D eigenvalue weighted by Gasteiger charge is -2.22. The second-order valence-electron chi connectivity index (χ2n) is 7.39. The molecule has 0 saturated heterocycles. The van der Waals surface area contributed by atoms with Crippen molar-refractivity contribution in [2.45, 2.75) is 46.1 Å². The number of phenolic OH excluding ortho intramolecular Hbond substituents is 1. The number of phenols is 1. The summed E-state index contributed by atoms with van der Waals surface area (Å²) in [5, 5.41) is 12.9. The highest BCUT2D eigenvalue weighted by molar-refractivity contribution is 5.82. The van der Waals surface area contributed by atoms with Crippen LogP contribution in [-0.2, 0) is 16.1 Å². The number of halogens is 1. The van der Waals surface area contributed by atoms with Gasteiger partial charge in [0, 0.05) is 18.7 Å². The fourth-order valence-corrected chi connectivity index (χ4v) is 3.01. The van der Waals surface area contributed by atoms with Crippen molar-refractivity contribution in [3.63, 3.8) is 0 Å². The lowest BCUT2D eigenvalue weighted by Crippen LogP contribution is -2.41. The smallest absolute Gasteiger partial charge is 0.410 e. The number of carbonyl (C=O) groups is 2. The number of unbranched alkanes of at least 4 members (excludes halogenated alkanes) is 2. The monoisotopic (exact) mass is 430 g/mol. The first-order chi connectivity index (χ1) is 14.9. The minimum absolute atomic E-state index is 0.0373. The molecule has 2 N–H and O–H groups in total. The number of aromatic hydroxyl groups is 1. The van der Waals surface area contributed by atoms with Gasteiger partial charge in [0.2, 0.25) is 5.91 Å². The molecule has 0 atom stereocenters. The highest BCUT2D eigenvalue weighted by Gasteiger charge is 2.19. The van der Waals surface area contributed by atoms with E-state index in [1.54, 1.807) is 24.3 Å². The Morgan fingerprint density at radius 3 is 2.61 bits per heavy atom. The van der Waals surface area contributed by atoms with Crippen molar-refractivity contribution in [3.05, 3.63) is 53.8 Å². The second kappa shape index (κ2) is 12.6. The Labute approximate surface area is 183 Å². The largest absolute Gasteiger partial charge is 0.507 e. The lowest BCUT2D eigenvalue weighted by atomic mass is 10.0. The first-order valence-electron chi connectivity index (χ1n) is 10.7. The fraction of sp³-hybridized carbons (Fsp3) is 0.417. The van der Waals surface area contributed by atoms with Crippen LogP contribution in [0.2, 0.25) is 0 Å². The van der Waals surface area contributed by atoms with Crippen molar-refractivity contribution < 1.29 is 23.8 Å². The topological polar surface area (TPSA) is 78.9 Å². The number of nitrogens with one attached hydrogen (secondary N) is 1. The van der Waals surface area contributed by atoms with Crippen LogP contribution in [0.25, 0.3) is 11.1 Å². The average Bonchev–Trinajstić information content (AvgIpc) is 2.75. The molecule has 2 aromatic carbocycles. The van der Waals surface area contributed by atoms with Crippen LogP contribution in [0.3, 0.4) is 0 Å². The third kappa shape index (κ3) is 7.92. The Morgan fingerprint density at radius 1 is 1.10 bits per heavy atom. The predicted octanol–water partition coefficient (Wildman–Crippen LogP) is 4.85. The number of hydrogen-bond acceptors (Lipinski definition) is 4. The SMILES string of the molecule is CCCCNC(=O)CN(Cc1cccc(-c2cc(F)ccc2O)c1)C(=O)OCCCC. The summed E-state index contributed by atoms with van der Waals surface area (Å²) in [7, 11) is 0. The van der Waals surface area contributed by atoms with E-state index in [9.17, 15) is 19.1 Å². The molecule has 0 saturated carbocycles. The van der Waals surface area contributed by atoms with Crippen LogP contribution in [0.4, 0.5) is 9.18 Å². The highest BCUT2D eigenvalue weighted by atomic mass is 19.1. The van der Waals surface area contributed by atoms with Crippen molar-refractivity contribution >= 4 is 12.0 Å². The van der Waals surface area contributed by atoms with E-state index in [0.717, 1.165) is 31.2 Å². The van der Waals surface area contributed by atoms with Crippen LogP contribution in [-0.4, -0.2) is 41.7 Å². The Balaban J connectivity index is 2.17. The molecule has 168 valence electrons. The standard InChI is InChI=1S/C24H31FN2O4/c1-3-5-12-26-23(29)17-27(24(30)31-13-6-4-2)16-18-8-7-9-19(14-18)21-15-20(25)10-11-22(21)28/h7-11,14-15,28H,3-6,12-13,16-17H2,1-2H3,(H,26,29). The van der Waals surface area contributed by atoms with Gasteiger partial charge in [-0.05, 0) is 48.2 Å². The molecule has 7 heteroatoms. The van der Waals surface area contributed by atoms with E-state index < -0.39 is 11.9 Å². The molecular formula is C24H31FN2O4. The number of nitrogens with zero attached hydrogens (tertiary/aromatic N) is 1. The van der Waals surface area contributed by atoms with Crippen LogP contribution < -0.4 is 5.32 Å². The zero-order chi connectivity index (χ0) is 22.6. The Morgan fingerprint density at radius 2 is 1.87 bits per heavy atom. The van der Waals surface area contributed by atoms with Crippen LogP contribution in [0.15, 0.2) is 42.5 Å². The molecule has 0 heterocycles. The van der Waals surface area contributed by atoms with Gasteiger partial charge in [-0.2, -0.15) is 0 Å². The summed E-state index contributed by atoms with van der Waals surface area (Å²) in [5.74, 6) is -0.743. The van der Waals surface area contributed by atoms with E-state index in [1.165, 1.54) is 23.1 Å². The van der Waals surface area contributed by atoms with Crippen molar-refractivity contribution in [3.8, 4) is 16.9 Å². The van der Waals surface area contributed by atoms with Gasteiger partial charge in [-0.15, -0.1) is 0 Å². The van der Waals surface area contributed by atoms with Gasteiger partial charge in [-0.3, -0.25) is 9.69 Å². The van der Waals surface area contributed by atoms with Gasteiger partial charge in [0.25, 0.3) is 0 Å². The molecule has 2 aromatic rings. The van der Waals surface area contributed by atoms with Crippen molar-refractivity contribution in [1.82, 2.24) is 10.2 Å². The number of amides is 2. The summed E-state index contributed by atoms with van der Waals surface area (Å²) in [6.07, 6.45) is 2.91. The van der Waals surface area contributed by atoms with Crippen LogP contribution >= 0.6 is 0 Å². The van der Waals surface area contributed by atoms with Crippen LogP contribution in [0.5, 0.6) is 5.75 Å². The maximum absolute atomic E-state index is 13.6. The van der Waals surface area contributed by atoms with E-state index in [4.69, 9.17) is 4.74 Å². The zero-order valence-corrected chi connectivity index (χ0v) is 18.2. The van der Waals surface area contributed by atoms with Gasteiger partial charge in [0.05, 0.1) is 6.61 Å². The molecule has 0 unspecified atom stereocenters. The van der Waals surface area contributed by atoms with Gasteiger partial charge in [-0.1, -0.05) is 44.9 Å². The molecule has 0 fully saturated rings. The van der Waals surface area contributed by atoms with Gasteiger partial charge in [0.1, 0.15) is 18.1 Å². The maximum atomic E-state index is 13.6. The molecular weight excluding hydrogens is 399 g/mol. The predicted molar refractivity (Wildman–Crippen MR) is 118 cm³/mol. The summed E-state index contributed by atoms with van der Waals surface area (Å²) in [4.78, 5) is 26.2. The molecule has 0 aliphatic rings. The van der Waals surface area contributed by atoms with E-state index in [0.29, 0.717) is 24.3 Å². The average molecular weight is 431 g/mol. The van der Waals surface area contributed by atoms with Crippen LogP contribution in [0, 0.1) is 5.82 Å². The minimum Gasteiger partial charge on any atom is -0.507 e. The summed E-state index contributed by atoms with van der Waals surface area (Å²) < 4.78 is 19.0. The molecule has 0 aliphatic carbocycles. The molecule has 0 aromatic heterocycles. The molecule has 0 bridgehead atoms. The van der Waals surface area contributed by atoms with E-state index >= 15 is 0 Å². The van der Waals surface area contributed by atoms with E-state index in [1.807, 2.05) is 13.8 Å². The zero-order valence-electron chi connectivity index (χ0n) is 18.2. The summed E-state index contributed by atoms with van der Waals surface area (Å²) in [5.41, 5.74) is 1.70. The fourth-order valence-electron chi connectivity index (χ4n) is 3.01. The minimum atomic E-state index is -0.557. The lowest BCUT2D eigenvalue weighted by molar-refractivity contribution is -0.122. The third-order valence-corrected chi connectivity index (χ3v) is 4.74. The Hall–Kier alpha value is -3.09. The van der Waals surface area contributed by atoms with Gasteiger partial charge >= 0.3 is 6.09 Å². The number of rotatable bonds is 11. The van der Waals surface area contributed by atoms with Gasteiger partial charge in [-0.25, -0.2) is 9.18 Å². The normalized spacial score (nSPS) is 10.5. The quantitative estimate of drug-likeness (QED) is 0.500. The van der Waals surface area contributed by atoms with Gasteiger partial charge in [0.15, 0.2) is 0 Å². The first-order valence-corrected chi connectivity index (χ1v) is 10.7. The molecule has 0 spiro atoms. The van der Waals surface area contributed by atoms with Crippen molar-refractivity contribution in [2.75, 3.05) is 19.7 Å². The Bertz CT molecular complexity index is 872. The van der Waals surface area contributed by atoms with Crippen molar-refractivity contribution in [2.24, 2.45) is 0 Å². The highest BCUT2D eigenvalue weighted by Crippen LogP contribution is 2.30. The number of hydrogen-bond donors (Lipinski definition) is 2. The van der Waals surface area contributed by atoms with Crippen LogP contribution in [0.1, 0.15) is 45.1 Å². The Kier molecular flexibility index (Phi) is 9.81. The molecule has 31 heavy (non-hydrogen) atoms. The molecule has 2 rings (SSSR count). The second-order valence-corrected chi connectivity index (χ2v) is 7.39. The number of carbonyl (C=O) groups excluding carboxylic acids is 2.